The van der Waals surface area contributed by atoms with Crippen LogP contribution in [0.5, 0.6) is 0 Å². The van der Waals surface area contributed by atoms with Crippen LogP contribution in [0.15, 0.2) is 54.6 Å². The number of carbonyl (C=O) groups excluding carboxylic acids is 1. The summed E-state index contributed by atoms with van der Waals surface area (Å²) in [5, 5.41) is 4.24. The number of aryl methyl sites for hydroxylation is 1. The molecule has 0 saturated carbocycles. The van der Waals surface area contributed by atoms with Crippen molar-refractivity contribution in [1.29, 1.82) is 0 Å². The maximum absolute atomic E-state index is 12.5. The number of rotatable bonds is 2. The van der Waals surface area contributed by atoms with Gasteiger partial charge in [0.05, 0.1) is 9.58 Å². The quantitative estimate of drug-likeness (QED) is 0.505. The molecule has 4 aromatic rings. The molecule has 0 saturated heterocycles. The van der Waals surface area contributed by atoms with Gasteiger partial charge in [-0.25, -0.2) is 0 Å². The minimum Gasteiger partial charge on any atom is -0.321 e. The van der Waals surface area contributed by atoms with Gasteiger partial charge < -0.3 is 5.32 Å². The van der Waals surface area contributed by atoms with Gasteiger partial charge in [0.2, 0.25) is 0 Å². The Morgan fingerprint density at radius 1 is 0.955 bits per heavy atom. The van der Waals surface area contributed by atoms with E-state index in [1.54, 1.807) is 22.7 Å². The fourth-order valence-electron chi connectivity index (χ4n) is 2.51. The molecular weight excluding hydrogens is 310 g/mol. The zero-order valence-electron chi connectivity index (χ0n) is 11.9. The van der Waals surface area contributed by atoms with Gasteiger partial charge in [0, 0.05) is 20.5 Å². The number of thiophene rings is 2. The number of hydrogen-bond acceptors (Lipinski definition) is 3. The fourth-order valence-corrected chi connectivity index (χ4v) is 4.93. The van der Waals surface area contributed by atoms with Crippen LogP contribution in [0.2, 0.25) is 0 Å². The fraction of sp³-hybridized carbons (Fsp3) is 0.0556. The van der Waals surface area contributed by atoms with Gasteiger partial charge in [0.1, 0.15) is 0 Å². The van der Waals surface area contributed by atoms with E-state index < -0.39 is 0 Å². The molecule has 1 amide bonds. The smallest absolute Gasteiger partial charge is 0.265 e. The van der Waals surface area contributed by atoms with Gasteiger partial charge in [-0.3, -0.25) is 4.79 Å². The van der Waals surface area contributed by atoms with Crippen LogP contribution in [0.25, 0.3) is 19.5 Å². The van der Waals surface area contributed by atoms with Crippen LogP contribution in [0.4, 0.5) is 5.69 Å². The molecular formula is C18H13NOS2. The second-order valence-corrected chi connectivity index (χ2v) is 7.31. The SMILES string of the molecule is Cc1ccccc1NC(=O)c1cc2sc3ccccc3c2s1. The lowest BCUT2D eigenvalue weighted by atomic mass is 10.2. The third kappa shape index (κ3) is 2.21. The van der Waals surface area contributed by atoms with Gasteiger partial charge in [0.25, 0.3) is 5.91 Å². The maximum atomic E-state index is 12.5. The predicted molar refractivity (Wildman–Crippen MR) is 96.3 cm³/mol. The van der Waals surface area contributed by atoms with Crippen molar-refractivity contribution in [3.8, 4) is 0 Å². The van der Waals surface area contributed by atoms with E-state index >= 15 is 0 Å². The van der Waals surface area contributed by atoms with E-state index in [4.69, 9.17) is 0 Å². The van der Waals surface area contributed by atoms with Crippen LogP contribution < -0.4 is 5.32 Å². The van der Waals surface area contributed by atoms with Crippen LogP contribution >= 0.6 is 22.7 Å². The van der Waals surface area contributed by atoms with Crippen LogP contribution in [0, 0.1) is 6.92 Å². The zero-order valence-corrected chi connectivity index (χ0v) is 13.6. The Morgan fingerprint density at radius 3 is 2.59 bits per heavy atom. The number of fused-ring (bicyclic) bond motifs is 3. The Balaban J connectivity index is 1.72. The van der Waals surface area contributed by atoms with Crippen LogP contribution in [0.1, 0.15) is 15.2 Å². The number of benzene rings is 2. The first kappa shape index (κ1) is 13.5. The number of amides is 1. The van der Waals surface area contributed by atoms with Crippen molar-refractivity contribution in [1.82, 2.24) is 0 Å². The van der Waals surface area contributed by atoms with Crippen LogP contribution in [-0.2, 0) is 0 Å². The molecule has 0 radical (unpaired) electrons. The topological polar surface area (TPSA) is 29.1 Å². The van der Waals surface area contributed by atoms with E-state index in [9.17, 15) is 4.79 Å². The molecule has 2 nitrogen and oxygen atoms in total. The van der Waals surface area contributed by atoms with E-state index in [-0.39, 0.29) is 5.91 Å². The molecule has 0 aliphatic rings. The first-order valence-corrected chi connectivity index (χ1v) is 8.64. The molecule has 2 aromatic carbocycles. The Bertz CT molecular complexity index is 997. The minimum atomic E-state index is -0.0354. The van der Waals surface area contributed by atoms with Gasteiger partial charge in [-0.15, -0.1) is 22.7 Å². The number of para-hydroxylation sites is 1. The monoisotopic (exact) mass is 323 g/mol. The Kier molecular flexibility index (Phi) is 3.21. The van der Waals surface area contributed by atoms with E-state index in [2.05, 4.69) is 17.4 Å². The van der Waals surface area contributed by atoms with Gasteiger partial charge in [-0.1, -0.05) is 36.4 Å². The van der Waals surface area contributed by atoms with Crippen molar-refractivity contribution in [3.63, 3.8) is 0 Å². The van der Waals surface area contributed by atoms with E-state index in [0.717, 1.165) is 16.1 Å². The molecule has 4 rings (SSSR count). The lowest BCUT2D eigenvalue weighted by Crippen LogP contribution is -2.10. The first-order valence-electron chi connectivity index (χ1n) is 7.00. The molecule has 4 heteroatoms. The molecule has 0 aliphatic carbocycles. The summed E-state index contributed by atoms with van der Waals surface area (Å²) in [4.78, 5) is 13.2. The highest BCUT2D eigenvalue weighted by molar-refractivity contribution is 7.33. The van der Waals surface area contributed by atoms with Crippen molar-refractivity contribution < 1.29 is 4.79 Å². The molecule has 1 N–H and O–H groups in total. The van der Waals surface area contributed by atoms with Crippen molar-refractivity contribution in [2.24, 2.45) is 0 Å². The number of anilines is 1. The predicted octanol–water partition coefficient (Wildman–Crippen LogP) is 5.68. The summed E-state index contributed by atoms with van der Waals surface area (Å²) in [6.45, 7) is 2.00. The molecule has 0 atom stereocenters. The second-order valence-electron chi connectivity index (χ2n) is 5.17. The summed E-state index contributed by atoms with van der Waals surface area (Å²) in [7, 11) is 0. The molecule has 0 unspecified atom stereocenters. The lowest BCUT2D eigenvalue weighted by molar-refractivity contribution is 0.103. The molecule has 0 aliphatic heterocycles. The van der Waals surface area contributed by atoms with Gasteiger partial charge >= 0.3 is 0 Å². The molecule has 0 fully saturated rings. The van der Waals surface area contributed by atoms with E-state index in [1.807, 2.05) is 49.4 Å². The molecule has 22 heavy (non-hydrogen) atoms. The summed E-state index contributed by atoms with van der Waals surface area (Å²) >= 11 is 3.30. The Hall–Kier alpha value is -2.17. The van der Waals surface area contributed by atoms with Crippen molar-refractivity contribution in [2.75, 3.05) is 5.32 Å². The molecule has 2 heterocycles. The van der Waals surface area contributed by atoms with Crippen molar-refractivity contribution in [3.05, 3.63) is 65.0 Å². The number of hydrogen-bond donors (Lipinski definition) is 1. The second kappa shape index (κ2) is 5.23. The van der Waals surface area contributed by atoms with Crippen molar-refractivity contribution in [2.45, 2.75) is 6.92 Å². The summed E-state index contributed by atoms with van der Waals surface area (Å²) < 4.78 is 3.66. The highest BCUT2D eigenvalue weighted by Crippen LogP contribution is 2.39. The standard InChI is InChI=1S/C18H13NOS2/c1-11-6-2-4-8-13(11)19-18(20)16-10-15-17(22-16)12-7-3-5-9-14(12)21-15/h2-10H,1H3,(H,19,20). The summed E-state index contributed by atoms with van der Waals surface area (Å²) in [5.41, 5.74) is 1.94. The lowest BCUT2D eigenvalue weighted by Gasteiger charge is -2.06. The average Bonchev–Trinajstić information content (AvgIpc) is 3.07. The Labute approximate surface area is 136 Å². The third-order valence-electron chi connectivity index (χ3n) is 3.67. The molecule has 108 valence electrons. The average molecular weight is 323 g/mol. The third-order valence-corrected chi connectivity index (χ3v) is 6.08. The van der Waals surface area contributed by atoms with Crippen LogP contribution in [0.3, 0.4) is 0 Å². The molecule has 0 spiro atoms. The molecule has 2 aromatic heterocycles. The van der Waals surface area contributed by atoms with Gasteiger partial charge in [-0.2, -0.15) is 0 Å². The zero-order chi connectivity index (χ0) is 15.1. The first-order chi connectivity index (χ1) is 10.7. The molecule has 0 bridgehead atoms. The van der Waals surface area contributed by atoms with E-state index in [0.29, 0.717) is 0 Å². The largest absolute Gasteiger partial charge is 0.321 e. The van der Waals surface area contributed by atoms with Crippen molar-refractivity contribution >= 4 is 53.8 Å². The normalized spacial score (nSPS) is 11.1. The highest BCUT2D eigenvalue weighted by atomic mass is 32.1. The number of nitrogens with one attached hydrogen (secondary N) is 1. The minimum absolute atomic E-state index is 0.0354. The van der Waals surface area contributed by atoms with Crippen LogP contribution in [-0.4, -0.2) is 5.91 Å². The van der Waals surface area contributed by atoms with Gasteiger partial charge in [0.15, 0.2) is 0 Å². The summed E-state index contributed by atoms with van der Waals surface area (Å²) in [6.07, 6.45) is 0. The highest BCUT2D eigenvalue weighted by Gasteiger charge is 2.14. The maximum Gasteiger partial charge on any atom is 0.265 e. The summed E-state index contributed by atoms with van der Waals surface area (Å²) in [5.74, 6) is -0.0354. The number of carbonyl (C=O) groups is 1. The Morgan fingerprint density at radius 2 is 1.73 bits per heavy atom. The van der Waals surface area contributed by atoms with E-state index in [1.165, 1.54) is 19.5 Å². The summed E-state index contributed by atoms with van der Waals surface area (Å²) in [6, 6.07) is 18.2. The van der Waals surface area contributed by atoms with Gasteiger partial charge in [-0.05, 0) is 30.7 Å².